The minimum absolute atomic E-state index is 0.485. The third-order valence-electron chi connectivity index (χ3n) is 3.38. The Hall–Kier alpha value is -1.22. The molecule has 1 aliphatic heterocycles. The molecule has 0 unspecified atom stereocenters. The first-order valence-corrected chi connectivity index (χ1v) is 5.78. The van der Waals surface area contributed by atoms with E-state index in [1.165, 1.54) is 5.56 Å². The molecule has 0 amide bonds. The van der Waals surface area contributed by atoms with E-state index in [0.717, 1.165) is 29.9 Å². The lowest BCUT2D eigenvalue weighted by atomic mass is 9.99. The molecule has 0 bridgehead atoms. The largest absolute Gasteiger partial charge is 0.486 e. The zero-order valence-corrected chi connectivity index (χ0v) is 9.45. The van der Waals surface area contributed by atoms with Crippen LogP contribution in [-0.4, -0.2) is 23.9 Å². The van der Waals surface area contributed by atoms with Gasteiger partial charge in [0.1, 0.15) is 13.2 Å². The van der Waals surface area contributed by atoms with E-state index in [9.17, 15) is 5.11 Å². The predicted octanol–water partition coefficient (Wildman–Crippen LogP) is 1.83. The third-order valence-corrected chi connectivity index (χ3v) is 3.38. The van der Waals surface area contributed by atoms with E-state index in [1.54, 1.807) is 0 Å². The first-order chi connectivity index (χ1) is 7.68. The Balaban J connectivity index is 2.00. The van der Waals surface area contributed by atoms with Crippen LogP contribution in [-0.2, 0) is 6.42 Å². The number of ether oxygens (including phenoxy) is 2. The highest BCUT2D eigenvalue weighted by Crippen LogP contribution is 2.44. The van der Waals surface area contributed by atoms with Gasteiger partial charge in [-0.05, 0) is 31.4 Å². The monoisotopic (exact) mass is 220 g/mol. The zero-order valence-electron chi connectivity index (χ0n) is 9.45. The van der Waals surface area contributed by atoms with Gasteiger partial charge in [0.2, 0.25) is 0 Å². The van der Waals surface area contributed by atoms with Gasteiger partial charge in [-0.2, -0.15) is 0 Å². The van der Waals surface area contributed by atoms with Gasteiger partial charge in [0.25, 0.3) is 0 Å². The lowest BCUT2D eigenvalue weighted by Crippen LogP contribution is -2.19. The molecule has 16 heavy (non-hydrogen) atoms. The third kappa shape index (κ3) is 1.65. The number of hydrogen-bond acceptors (Lipinski definition) is 3. The second-order valence-electron chi connectivity index (χ2n) is 4.79. The van der Waals surface area contributed by atoms with E-state index < -0.39 is 5.60 Å². The SMILES string of the molecule is Cc1ccc2c(c1CC1(O)CC1)OCCO2. The summed E-state index contributed by atoms with van der Waals surface area (Å²) in [5.74, 6) is 1.66. The first-order valence-electron chi connectivity index (χ1n) is 5.78. The first kappa shape index (κ1) is 9.97. The maximum absolute atomic E-state index is 10.0. The average molecular weight is 220 g/mol. The Morgan fingerprint density at radius 1 is 1.25 bits per heavy atom. The summed E-state index contributed by atoms with van der Waals surface area (Å²) in [7, 11) is 0. The van der Waals surface area contributed by atoms with E-state index in [4.69, 9.17) is 9.47 Å². The number of fused-ring (bicyclic) bond motifs is 1. The molecule has 3 nitrogen and oxygen atoms in total. The van der Waals surface area contributed by atoms with E-state index in [1.807, 2.05) is 12.1 Å². The maximum Gasteiger partial charge on any atom is 0.164 e. The molecule has 1 aliphatic carbocycles. The van der Waals surface area contributed by atoms with Crippen molar-refractivity contribution < 1.29 is 14.6 Å². The molecule has 0 aromatic heterocycles. The number of benzene rings is 1. The van der Waals surface area contributed by atoms with Gasteiger partial charge in [0, 0.05) is 12.0 Å². The molecular formula is C13H16O3. The Morgan fingerprint density at radius 2 is 2.00 bits per heavy atom. The predicted molar refractivity (Wildman–Crippen MR) is 60.1 cm³/mol. The zero-order chi connectivity index (χ0) is 11.2. The minimum Gasteiger partial charge on any atom is -0.486 e. The smallest absolute Gasteiger partial charge is 0.164 e. The Kier molecular flexibility index (Phi) is 2.11. The Bertz CT molecular complexity index is 421. The molecule has 1 saturated carbocycles. The normalized spacial score (nSPS) is 20.6. The number of aryl methyl sites for hydroxylation is 1. The fourth-order valence-corrected chi connectivity index (χ4v) is 2.14. The summed E-state index contributed by atoms with van der Waals surface area (Å²) < 4.78 is 11.2. The topological polar surface area (TPSA) is 38.7 Å². The molecule has 1 aromatic carbocycles. The van der Waals surface area contributed by atoms with Gasteiger partial charge >= 0.3 is 0 Å². The van der Waals surface area contributed by atoms with Crippen LogP contribution in [0.1, 0.15) is 24.0 Å². The molecule has 3 heteroatoms. The quantitative estimate of drug-likeness (QED) is 0.826. The maximum atomic E-state index is 10.0. The van der Waals surface area contributed by atoms with Crippen LogP contribution in [0.3, 0.4) is 0 Å². The van der Waals surface area contributed by atoms with Crippen LogP contribution in [0, 0.1) is 6.92 Å². The standard InChI is InChI=1S/C13H16O3/c1-9-2-3-11-12(16-7-6-15-11)10(9)8-13(14)4-5-13/h2-3,14H,4-8H2,1H3. The van der Waals surface area contributed by atoms with E-state index >= 15 is 0 Å². The van der Waals surface area contributed by atoms with Crippen LogP contribution in [0.2, 0.25) is 0 Å². The molecule has 0 atom stereocenters. The summed E-state index contributed by atoms with van der Waals surface area (Å²) in [6.07, 6.45) is 2.49. The van der Waals surface area contributed by atoms with Gasteiger partial charge in [-0.1, -0.05) is 6.07 Å². The highest BCUT2D eigenvalue weighted by Gasteiger charge is 2.41. The highest BCUT2D eigenvalue weighted by atomic mass is 16.6. The molecule has 1 N–H and O–H groups in total. The number of aliphatic hydroxyl groups is 1. The van der Waals surface area contributed by atoms with Crippen molar-refractivity contribution >= 4 is 0 Å². The van der Waals surface area contributed by atoms with Gasteiger partial charge in [0.05, 0.1) is 5.60 Å². The fourth-order valence-electron chi connectivity index (χ4n) is 2.14. The number of hydrogen-bond donors (Lipinski definition) is 1. The van der Waals surface area contributed by atoms with Crippen molar-refractivity contribution in [3.8, 4) is 11.5 Å². The van der Waals surface area contributed by atoms with Crippen molar-refractivity contribution in [2.45, 2.75) is 31.8 Å². The van der Waals surface area contributed by atoms with Crippen molar-refractivity contribution in [1.29, 1.82) is 0 Å². The van der Waals surface area contributed by atoms with E-state index in [0.29, 0.717) is 19.6 Å². The lowest BCUT2D eigenvalue weighted by molar-refractivity contribution is 0.143. The molecule has 0 spiro atoms. The van der Waals surface area contributed by atoms with Crippen LogP contribution in [0.5, 0.6) is 11.5 Å². The van der Waals surface area contributed by atoms with Crippen molar-refractivity contribution in [2.75, 3.05) is 13.2 Å². The second kappa shape index (κ2) is 3.39. The van der Waals surface area contributed by atoms with Crippen LogP contribution < -0.4 is 9.47 Å². The summed E-state index contributed by atoms with van der Waals surface area (Å²) in [6.45, 7) is 3.26. The minimum atomic E-state index is -0.485. The molecule has 0 saturated heterocycles. The van der Waals surface area contributed by atoms with Gasteiger partial charge < -0.3 is 14.6 Å². The molecular weight excluding hydrogens is 204 g/mol. The second-order valence-corrected chi connectivity index (χ2v) is 4.79. The average Bonchev–Trinajstić information content (AvgIpc) is 3.01. The van der Waals surface area contributed by atoms with Crippen LogP contribution >= 0.6 is 0 Å². The van der Waals surface area contributed by atoms with Crippen LogP contribution in [0.15, 0.2) is 12.1 Å². The summed E-state index contributed by atoms with van der Waals surface area (Å²) >= 11 is 0. The molecule has 2 aliphatic rings. The molecule has 1 aromatic rings. The van der Waals surface area contributed by atoms with Crippen LogP contribution in [0.25, 0.3) is 0 Å². The van der Waals surface area contributed by atoms with Crippen LogP contribution in [0.4, 0.5) is 0 Å². The number of rotatable bonds is 2. The molecule has 3 rings (SSSR count). The molecule has 1 heterocycles. The molecule has 0 radical (unpaired) electrons. The van der Waals surface area contributed by atoms with E-state index in [-0.39, 0.29) is 0 Å². The lowest BCUT2D eigenvalue weighted by Gasteiger charge is -2.23. The summed E-state index contributed by atoms with van der Waals surface area (Å²) in [5.41, 5.74) is 1.79. The Labute approximate surface area is 95.0 Å². The highest BCUT2D eigenvalue weighted by molar-refractivity contribution is 5.52. The summed E-state index contributed by atoms with van der Waals surface area (Å²) in [4.78, 5) is 0. The van der Waals surface area contributed by atoms with Gasteiger partial charge in [-0.15, -0.1) is 0 Å². The summed E-state index contributed by atoms with van der Waals surface area (Å²) in [6, 6.07) is 3.98. The summed E-state index contributed by atoms with van der Waals surface area (Å²) in [5, 5.41) is 10.0. The molecule has 86 valence electrons. The Morgan fingerprint density at radius 3 is 2.75 bits per heavy atom. The van der Waals surface area contributed by atoms with Crippen molar-refractivity contribution in [3.05, 3.63) is 23.3 Å². The van der Waals surface area contributed by atoms with Gasteiger partial charge in [0.15, 0.2) is 11.5 Å². The van der Waals surface area contributed by atoms with E-state index in [2.05, 4.69) is 6.92 Å². The van der Waals surface area contributed by atoms with Crippen molar-refractivity contribution in [1.82, 2.24) is 0 Å². The van der Waals surface area contributed by atoms with Crippen molar-refractivity contribution in [2.24, 2.45) is 0 Å². The van der Waals surface area contributed by atoms with Gasteiger partial charge in [-0.3, -0.25) is 0 Å². The molecule has 1 fully saturated rings. The fraction of sp³-hybridized carbons (Fsp3) is 0.538. The van der Waals surface area contributed by atoms with Crippen molar-refractivity contribution in [3.63, 3.8) is 0 Å². The van der Waals surface area contributed by atoms with Gasteiger partial charge in [-0.25, -0.2) is 0 Å².